The molecule has 1 aliphatic rings. The number of thiophene rings is 1. The van der Waals surface area contributed by atoms with E-state index in [1.165, 1.54) is 22.6 Å². The van der Waals surface area contributed by atoms with Gasteiger partial charge >= 0.3 is 0 Å². The van der Waals surface area contributed by atoms with Crippen LogP contribution in [0.1, 0.15) is 33.6 Å². The fourth-order valence-corrected chi connectivity index (χ4v) is 3.71. The molecular weight excluding hydrogens is 308 g/mol. The third-order valence-corrected chi connectivity index (χ3v) is 5.08. The number of hydrogen-bond acceptors (Lipinski definition) is 4. The van der Waals surface area contributed by atoms with Crippen molar-refractivity contribution in [1.29, 1.82) is 0 Å². The number of carbonyl (C=O) groups is 1. The van der Waals surface area contributed by atoms with E-state index in [2.05, 4.69) is 34.9 Å². The molecule has 23 heavy (non-hydrogen) atoms. The van der Waals surface area contributed by atoms with Gasteiger partial charge in [-0.2, -0.15) is 0 Å². The van der Waals surface area contributed by atoms with Crippen LogP contribution in [-0.4, -0.2) is 25.6 Å². The Morgan fingerprint density at radius 1 is 1.43 bits per heavy atom. The number of aryl methyl sites for hydroxylation is 1. The summed E-state index contributed by atoms with van der Waals surface area (Å²) in [6.07, 6.45) is 3.16. The zero-order chi connectivity index (χ0) is 16.1. The Hall–Kier alpha value is -1.85. The van der Waals surface area contributed by atoms with Gasteiger partial charge in [0.2, 0.25) is 0 Å². The molecule has 0 bridgehead atoms. The number of anilines is 1. The van der Waals surface area contributed by atoms with E-state index in [-0.39, 0.29) is 5.91 Å². The van der Waals surface area contributed by atoms with Crippen molar-refractivity contribution in [3.8, 4) is 0 Å². The molecule has 3 rings (SSSR count). The van der Waals surface area contributed by atoms with Crippen molar-refractivity contribution in [2.75, 3.05) is 19.0 Å². The minimum atomic E-state index is 0.00793. The Morgan fingerprint density at radius 3 is 3.17 bits per heavy atom. The first-order chi connectivity index (χ1) is 11.3. The van der Waals surface area contributed by atoms with Gasteiger partial charge in [-0.25, -0.2) is 0 Å². The molecule has 0 radical (unpaired) electrons. The number of nitrogens with one attached hydrogen (secondary N) is 2. The summed E-state index contributed by atoms with van der Waals surface area (Å²) in [6, 6.07) is 10.8. The van der Waals surface area contributed by atoms with Gasteiger partial charge in [0.15, 0.2) is 0 Å². The third-order valence-electron chi connectivity index (χ3n) is 4.11. The third kappa shape index (κ3) is 4.12. The molecule has 0 aliphatic carbocycles. The maximum Gasteiger partial charge on any atom is 0.261 e. The first-order valence-electron chi connectivity index (χ1n) is 7.95. The van der Waals surface area contributed by atoms with Gasteiger partial charge < -0.3 is 15.4 Å². The average Bonchev–Trinajstić information content (AvgIpc) is 3.04. The molecule has 0 saturated heterocycles. The van der Waals surface area contributed by atoms with Gasteiger partial charge in [-0.1, -0.05) is 18.2 Å². The molecule has 2 aromatic rings. The van der Waals surface area contributed by atoms with Crippen molar-refractivity contribution in [3.63, 3.8) is 0 Å². The number of ether oxygens (including phenoxy) is 1. The monoisotopic (exact) mass is 330 g/mol. The van der Waals surface area contributed by atoms with Crippen LogP contribution in [0.15, 0.2) is 35.7 Å². The second-order valence-electron chi connectivity index (χ2n) is 5.83. The molecule has 122 valence electrons. The van der Waals surface area contributed by atoms with Crippen LogP contribution >= 0.6 is 11.3 Å². The van der Waals surface area contributed by atoms with E-state index in [1.54, 1.807) is 7.11 Å². The number of hydrogen-bond donors (Lipinski definition) is 2. The minimum absolute atomic E-state index is 0.00793. The average molecular weight is 330 g/mol. The van der Waals surface area contributed by atoms with Gasteiger partial charge in [-0.15, -0.1) is 11.3 Å². The molecule has 1 aromatic carbocycles. The fourth-order valence-electron chi connectivity index (χ4n) is 2.90. The van der Waals surface area contributed by atoms with E-state index in [9.17, 15) is 4.79 Å². The lowest BCUT2D eigenvalue weighted by Crippen LogP contribution is -2.31. The lowest BCUT2D eigenvalue weighted by atomic mass is 9.96. The lowest BCUT2D eigenvalue weighted by molar-refractivity contribution is 0.0956. The molecule has 1 amide bonds. The summed E-state index contributed by atoms with van der Waals surface area (Å²) in [5.74, 6) is 0.00793. The maximum atomic E-state index is 12.1. The molecule has 1 unspecified atom stereocenters. The van der Waals surface area contributed by atoms with Crippen molar-refractivity contribution in [2.45, 2.75) is 31.9 Å². The van der Waals surface area contributed by atoms with Crippen molar-refractivity contribution in [2.24, 2.45) is 0 Å². The second-order valence-corrected chi connectivity index (χ2v) is 6.75. The van der Waals surface area contributed by atoms with Gasteiger partial charge in [0, 0.05) is 25.4 Å². The summed E-state index contributed by atoms with van der Waals surface area (Å²) >= 11 is 1.47. The highest BCUT2D eigenvalue weighted by Crippen LogP contribution is 2.25. The first-order valence-corrected chi connectivity index (χ1v) is 8.83. The zero-order valence-electron chi connectivity index (χ0n) is 13.3. The lowest BCUT2D eigenvalue weighted by Gasteiger charge is -2.27. The minimum Gasteiger partial charge on any atom is -0.382 e. The summed E-state index contributed by atoms with van der Waals surface area (Å²) in [4.78, 5) is 12.9. The number of rotatable bonds is 6. The molecular formula is C18H22N2O2S. The highest BCUT2D eigenvalue weighted by molar-refractivity contribution is 7.12. The van der Waals surface area contributed by atoms with Crippen LogP contribution in [0.3, 0.4) is 0 Å². The highest BCUT2D eigenvalue weighted by atomic mass is 32.1. The Bertz CT molecular complexity index is 669. The number of fused-ring (bicyclic) bond motifs is 1. The fraction of sp³-hybridized carbons (Fsp3) is 0.389. The van der Waals surface area contributed by atoms with E-state index in [0.717, 1.165) is 29.7 Å². The highest BCUT2D eigenvalue weighted by Gasteiger charge is 2.17. The molecule has 0 saturated carbocycles. The van der Waals surface area contributed by atoms with E-state index in [1.807, 2.05) is 11.4 Å². The number of benzene rings is 1. The quantitative estimate of drug-likeness (QED) is 0.853. The van der Waals surface area contributed by atoms with Crippen molar-refractivity contribution < 1.29 is 9.53 Å². The zero-order valence-corrected chi connectivity index (χ0v) is 14.1. The molecule has 1 atom stereocenters. The molecule has 0 fully saturated rings. The van der Waals surface area contributed by atoms with Gasteiger partial charge in [0.1, 0.15) is 0 Å². The van der Waals surface area contributed by atoms with Crippen LogP contribution < -0.4 is 10.6 Å². The largest absolute Gasteiger partial charge is 0.382 e. The second kappa shape index (κ2) is 7.62. The molecule has 1 aliphatic heterocycles. The molecule has 1 aromatic heterocycles. The van der Waals surface area contributed by atoms with Crippen LogP contribution in [0.4, 0.5) is 5.69 Å². The van der Waals surface area contributed by atoms with Crippen LogP contribution in [0.25, 0.3) is 0 Å². The standard InChI is InChI=1S/C18H22N2O2S/c1-22-11-13-10-17(23-12-13)18(21)19-9-8-15-7-6-14-4-2-3-5-16(14)20-15/h2-5,10,12,15,20H,6-9,11H2,1H3,(H,19,21). The first kappa shape index (κ1) is 16.0. The Morgan fingerprint density at radius 2 is 2.30 bits per heavy atom. The number of amides is 1. The van der Waals surface area contributed by atoms with Crippen molar-refractivity contribution in [1.82, 2.24) is 5.32 Å². The Balaban J connectivity index is 1.45. The van der Waals surface area contributed by atoms with Crippen LogP contribution in [0.5, 0.6) is 0 Å². The molecule has 0 spiro atoms. The van der Waals surface area contributed by atoms with E-state index >= 15 is 0 Å². The molecule has 2 heterocycles. The predicted molar refractivity (Wildman–Crippen MR) is 94.2 cm³/mol. The Kier molecular flexibility index (Phi) is 5.31. The van der Waals surface area contributed by atoms with Gasteiger partial charge in [-0.3, -0.25) is 4.79 Å². The maximum absolute atomic E-state index is 12.1. The van der Waals surface area contributed by atoms with Crippen molar-refractivity contribution >= 4 is 22.9 Å². The normalized spacial score (nSPS) is 16.5. The van der Waals surface area contributed by atoms with Crippen LogP contribution in [0, 0.1) is 0 Å². The van der Waals surface area contributed by atoms with E-state index in [4.69, 9.17) is 4.74 Å². The van der Waals surface area contributed by atoms with Crippen molar-refractivity contribution in [3.05, 3.63) is 51.7 Å². The van der Waals surface area contributed by atoms with Crippen LogP contribution in [-0.2, 0) is 17.8 Å². The molecule has 4 nitrogen and oxygen atoms in total. The number of methoxy groups -OCH3 is 1. The number of para-hydroxylation sites is 1. The van der Waals surface area contributed by atoms with Gasteiger partial charge in [0.25, 0.3) is 5.91 Å². The molecule has 5 heteroatoms. The summed E-state index contributed by atoms with van der Waals surface area (Å²) in [6.45, 7) is 1.24. The smallest absolute Gasteiger partial charge is 0.261 e. The van der Waals surface area contributed by atoms with Gasteiger partial charge in [-0.05, 0) is 47.9 Å². The van der Waals surface area contributed by atoms with E-state index < -0.39 is 0 Å². The predicted octanol–water partition coefficient (Wildman–Crippen LogP) is 3.44. The van der Waals surface area contributed by atoms with E-state index in [0.29, 0.717) is 19.2 Å². The summed E-state index contributed by atoms with van der Waals surface area (Å²) < 4.78 is 5.08. The summed E-state index contributed by atoms with van der Waals surface area (Å²) in [5, 5.41) is 8.55. The van der Waals surface area contributed by atoms with Gasteiger partial charge in [0.05, 0.1) is 11.5 Å². The SMILES string of the molecule is COCc1csc(C(=O)NCCC2CCc3ccccc3N2)c1. The van der Waals surface area contributed by atoms with Crippen LogP contribution in [0.2, 0.25) is 0 Å². The summed E-state index contributed by atoms with van der Waals surface area (Å²) in [7, 11) is 1.66. The molecule has 2 N–H and O–H groups in total. The topological polar surface area (TPSA) is 50.4 Å². The Labute approximate surface area is 140 Å². The number of carbonyl (C=O) groups excluding carboxylic acids is 1. The summed E-state index contributed by atoms with van der Waals surface area (Å²) in [5.41, 5.74) is 3.67.